The van der Waals surface area contributed by atoms with Gasteiger partial charge in [-0.3, -0.25) is 0 Å². The highest BCUT2D eigenvalue weighted by atomic mass is 16.5. The predicted molar refractivity (Wildman–Crippen MR) is 61.2 cm³/mol. The lowest BCUT2D eigenvalue weighted by molar-refractivity contribution is 0.369. The number of hydrogen-bond acceptors (Lipinski definition) is 3. The molecule has 1 N–H and O–H groups in total. The van der Waals surface area contributed by atoms with E-state index in [-0.39, 0.29) is 5.75 Å². The molecule has 0 aliphatic rings. The minimum Gasteiger partial charge on any atom is -0.504 e. The molecule has 0 saturated carbocycles. The van der Waals surface area contributed by atoms with Gasteiger partial charge in [0.25, 0.3) is 0 Å². The zero-order valence-electron chi connectivity index (χ0n) is 8.88. The highest BCUT2D eigenvalue weighted by Crippen LogP contribution is 2.31. The van der Waals surface area contributed by atoms with Gasteiger partial charge in [0, 0.05) is 6.07 Å². The van der Waals surface area contributed by atoms with Crippen molar-refractivity contribution in [1.29, 1.82) is 0 Å². The first kappa shape index (κ1) is 10.4. The topological polar surface area (TPSA) is 38.7 Å². The molecule has 82 valence electrons. The average molecular weight is 216 g/mol. The van der Waals surface area contributed by atoms with Crippen molar-refractivity contribution in [2.75, 3.05) is 7.11 Å². The summed E-state index contributed by atoms with van der Waals surface area (Å²) in [5, 5.41) is 9.42. The molecule has 0 spiro atoms. The molecule has 0 unspecified atom stereocenters. The van der Waals surface area contributed by atoms with E-state index < -0.39 is 0 Å². The summed E-state index contributed by atoms with van der Waals surface area (Å²) in [6.45, 7) is 0. The minimum absolute atomic E-state index is 0.0999. The van der Waals surface area contributed by atoms with E-state index in [9.17, 15) is 5.11 Å². The van der Waals surface area contributed by atoms with Crippen LogP contribution in [0.5, 0.6) is 23.0 Å². The standard InChI is InChI=1S/C13H12O3/c1-15-13-9-11(7-8-12(13)14)16-10-5-3-2-4-6-10/h2-9,14H,1H3. The van der Waals surface area contributed by atoms with E-state index in [1.54, 1.807) is 12.1 Å². The summed E-state index contributed by atoms with van der Waals surface area (Å²) in [6, 6.07) is 14.3. The number of aromatic hydroxyl groups is 1. The van der Waals surface area contributed by atoms with Gasteiger partial charge in [-0.25, -0.2) is 0 Å². The largest absolute Gasteiger partial charge is 0.504 e. The Hall–Kier alpha value is -2.16. The third-order valence-electron chi connectivity index (χ3n) is 2.13. The van der Waals surface area contributed by atoms with Crippen LogP contribution in [0.4, 0.5) is 0 Å². The van der Waals surface area contributed by atoms with Crippen molar-refractivity contribution in [3.05, 3.63) is 48.5 Å². The number of methoxy groups -OCH3 is 1. The SMILES string of the molecule is COc1cc(Oc2ccccc2)ccc1O. The second kappa shape index (κ2) is 4.57. The average Bonchev–Trinajstić information content (AvgIpc) is 2.33. The van der Waals surface area contributed by atoms with Crippen molar-refractivity contribution in [2.24, 2.45) is 0 Å². The Bertz CT molecular complexity index is 466. The number of phenols is 1. The number of ether oxygens (including phenoxy) is 2. The molecule has 0 fully saturated rings. The zero-order valence-corrected chi connectivity index (χ0v) is 8.88. The van der Waals surface area contributed by atoms with Crippen LogP contribution in [0.25, 0.3) is 0 Å². The van der Waals surface area contributed by atoms with Gasteiger partial charge in [-0.15, -0.1) is 0 Å². The van der Waals surface area contributed by atoms with Gasteiger partial charge >= 0.3 is 0 Å². The summed E-state index contributed by atoms with van der Waals surface area (Å²) in [6.07, 6.45) is 0. The molecule has 0 amide bonds. The smallest absolute Gasteiger partial charge is 0.164 e. The van der Waals surface area contributed by atoms with Crippen LogP contribution in [-0.4, -0.2) is 12.2 Å². The summed E-state index contributed by atoms with van der Waals surface area (Å²) in [4.78, 5) is 0. The number of phenolic OH excluding ortho intramolecular Hbond substituents is 1. The van der Waals surface area contributed by atoms with Crippen LogP contribution in [0.1, 0.15) is 0 Å². The maximum atomic E-state index is 9.42. The zero-order chi connectivity index (χ0) is 11.4. The van der Waals surface area contributed by atoms with Crippen molar-refractivity contribution in [1.82, 2.24) is 0 Å². The molecule has 3 nitrogen and oxygen atoms in total. The minimum atomic E-state index is 0.0999. The molecule has 0 bridgehead atoms. The Labute approximate surface area is 93.9 Å². The van der Waals surface area contributed by atoms with Gasteiger partial charge in [-0.05, 0) is 24.3 Å². The molecule has 2 aromatic carbocycles. The van der Waals surface area contributed by atoms with E-state index in [4.69, 9.17) is 9.47 Å². The maximum Gasteiger partial charge on any atom is 0.164 e. The van der Waals surface area contributed by atoms with E-state index in [0.29, 0.717) is 11.5 Å². The van der Waals surface area contributed by atoms with Gasteiger partial charge in [-0.1, -0.05) is 18.2 Å². The number of benzene rings is 2. The first-order chi connectivity index (χ1) is 7.79. The normalized spacial score (nSPS) is 9.81. The third kappa shape index (κ3) is 2.25. The number of hydrogen-bond donors (Lipinski definition) is 1. The van der Waals surface area contributed by atoms with Crippen LogP contribution in [0.15, 0.2) is 48.5 Å². The molecular weight excluding hydrogens is 204 g/mol. The Morgan fingerprint density at radius 2 is 1.69 bits per heavy atom. The van der Waals surface area contributed by atoms with Gasteiger partial charge in [0.15, 0.2) is 11.5 Å². The van der Waals surface area contributed by atoms with Crippen molar-refractivity contribution >= 4 is 0 Å². The van der Waals surface area contributed by atoms with Crippen molar-refractivity contribution < 1.29 is 14.6 Å². The van der Waals surface area contributed by atoms with E-state index in [1.807, 2.05) is 30.3 Å². The summed E-state index contributed by atoms with van der Waals surface area (Å²) >= 11 is 0. The molecule has 0 atom stereocenters. The number of rotatable bonds is 3. The number of para-hydroxylation sites is 1. The summed E-state index contributed by atoms with van der Waals surface area (Å²) < 4.78 is 10.6. The molecule has 0 heterocycles. The van der Waals surface area contributed by atoms with Crippen LogP contribution in [0.2, 0.25) is 0 Å². The van der Waals surface area contributed by atoms with Crippen molar-refractivity contribution in [2.45, 2.75) is 0 Å². The van der Waals surface area contributed by atoms with E-state index in [1.165, 1.54) is 13.2 Å². The molecule has 2 rings (SSSR count). The van der Waals surface area contributed by atoms with E-state index in [2.05, 4.69) is 0 Å². The van der Waals surface area contributed by atoms with Crippen LogP contribution in [0.3, 0.4) is 0 Å². The predicted octanol–water partition coefficient (Wildman–Crippen LogP) is 3.19. The second-order valence-corrected chi connectivity index (χ2v) is 3.25. The van der Waals surface area contributed by atoms with Crippen LogP contribution < -0.4 is 9.47 Å². The molecule has 0 aliphatic heterocycles. The lowest BCUT2D eigenvalue weighted by Gasteiger charge is -2.08. The second-order valence-electron chi connectivity index (χ2n) is 3.25. The molecule has 2 aromatic rings. The fourth-order valence-electron chi connectivity index (χ4n) is 1.35. The molecule has 3 heteroatoms. The van der Waals surface area contributed by atoms with E-state index >= 15 is 0 Å². The Kier molecular flexibility index (Phi) is 2.96. The van der Waals surface area contributed by atoms with Crippen molar-refractivity contribution in [3.63, 3.8) is 0 Å². The molecular formula is C13H12O3. The van der Waals surface area contributed by atoms with Crippen LogP contribution >= 0.6 is 0 Å². The lowest BCUT2D eigenvalue weighted by Crippen LogP contribution is -1.87. The summed E-state index contributed by atoms with van der Waals surface area (Å²) in [7, 11) is 1.50. The summed E-state index contributed by atoms with van der Waals surface area (Å²) in [5.41, 5.74) is 0. The third-order valence-corrected chi connectivity index (χ3v) is 2.13. The highest BCUT2D eigenvalue weighted by Gasteiger charge is 2.03. The summed E-state index contributed by atoms with van der Waals surface area (Å²) in [5.74, 6) is 1.87. The molecule has 0 aromatic heterocycles. The highest BCUT2D eigenvalue weighted by molar-refractivity contribution is 5.45. The Morgan fingerprint density at radius 1 is 0.938 bits per heavy atom. The van der Waals surface area contributed by atoms with Crippen LogP contribution in [-0.2, 0) is 0 Å². The van der Waals surface area contributed by atoms with E-state index in [0.717, 1.165) is 5.75 Å². The Balaban J connectivity index is 2.22. The molecule has 16 heavy (non-hydrogen) atoms. The quantitative estimate of drug-likeness (QED) is 0.856. The van der Waals surface area contributed by atoms with Gasteiger partial charge in [-0.2, -0.15) is 0 Å². The van der Waals surface area contributed by atoms with Gasteiger partial charge < -0.3 is 14.6 Å². The van der Waals surface area contributed by atoms with Crippen molar-refractivity contribution in [3.8, 4) is 23.0 Å². The van der Waals surface area contributed by atoms with Gasteiger partial charge in [0.1, 0.15) is 11.5 Å². The first-order valence-corrected chi connectivity index (χ1v) is 4.89. The Morgan fingerprint density at radius 3 is 2.38 bits per heavy atom. The fourth-order valence-corrected chi connectivity index (χ4v) is 1.35. The monoisotopic (exact) mass is 216 g/mol. The molecule has 0 aliphatic carbocycles. The molecule has 0 saturated heterocycles. The van der Waals surface area contributed by atoms with Gasteiger partial charge in [0.05, 0.1) is 7.11 Å². The lowest BCUT2D eigenvalue weighted by atomic mass is 10.3. The fraction of sp³-hybridized carbons (Fsp3) is 0.0769. The first-order valence-electron chi connectivity index (χ1n) is 4.89. The maximum absolute atomic E-state index is 9.42. The van der Waals surface area contributed by atoms with Gasteiger partial charge in [0.2, 0.25) is 0 Å². The van der Waals surface area contributed by atoms with Crippen LogP contribution in [0, 0.1) is 0 Å². The molecule has 0 radical (unpaired) electrons.